The van der Waals surface area contributed by atoms with Crippen molar-refractivity contribution in [1.29, 1.82) is 0 Å². The van der Waals surface area contributed by atoms with Crippen molar-refractivity contribution in [2.24, 2.45) is 0 Å². The maximum atomic E-state index is 12.0. The molecule has 0 aliphatic rings. The summed E-state index contributed by atoms with van der Waals surface area (Å²) >= 11 is 0. The van der Waals surface area contributed by atoms with Crippen LogP contribution in [0.15, 0.2) is 59.1 Å². The molecule has 6 heteroatoms. The van der Waals surface area contributed by atoms with E-state index in [0.717, 1.165) is 17.7 Å². The van der Waals surface area contributed by atoms with Gasteiger partial charge in [-0.05, 0) is 37.5 Å². The standard InChI is InChI=1S/C22H25N3O3/c1-2-27-19-12-7-6-11-18(19)22-24-21(28-25-22)14-8-13-20(26)23-16-15-17-9-4-3-5-10-17/h3-7,9-12H,2,8,13-16H2,1H3,(H,23,26). The summed E-state index contributed by atoms with van der Waals surface area (Å²) in [6.45, 7) is 3.15. The van der Waals surface area contributed by atoms with Crippen molar-refractivity contribution in [1.82, 2.24) is 15.5 Å². The van der Waals surface area contributed by atoms with Crippen LogP contribution in [0.25, 0.3) is 11.4 Å². The Morgan fingerprint density at radius 2 is 1.86 bits per heavy atom. The molecule has 2 aromatic carbocycles. The molecule has 3 rings (SSSR count). The fraction of sp³-hybridized carbons (Fsp3) is 0.318. The lowest BCUT2D eigenvalue weighted by Crippen LogP contribution is -2.25. The second-order valence-corrected chi connectivity index (χ2v) is 6.38. The fourth-order valence-corrected chi connectivity index (χ4v) is 2.88. The third-order valence-corrected chi connectivity index (χ3v) is 4.27. The fourth-order valence-electron chi connectivity index (χ4n) is 2.88. The molecule has 0 atom stereocenters. The van der Waals surface area contributed by atoms with Crippen LogP contribution < -0.4 is 10.1 Å². The van der Waals surface area contributed by atoms with Gasteiger partial charge in [0.15, 0.2) is 0 Å². The van der Waals surface area contributed by atoms with Crippen LogP contribution >= 0.6 is 0 Å². The van der Waals surface area contributed by atoms with Gasteiger partial charge in [0.2, 0.25) is 17.6 Å². The molecule has 0 fully saturated rings. The van der Waals surface area contributed by atoms with Crippen molar-refractivity contribution >= 4 is 5.91 Å². The zero-order chi connectivity index (χ0) is 19.6. The van der Waals surface area contributed by atoms with E-state index in [4.69, 9.17) is 9.26 Å². The zero-order valence-corrected chi connectivity index (χ0v) is 16.1. The van der Waals surface area contributed by atoms with Gasteiger partial charge in [-0.1, -0.05) is 47.6 Å². The number of hydrogen-bond acceptors (Lipinski definition) is 5. The first kappa shape index (κ1) is 19.6. The highest BCUT2D eigenvalue weighted by molar-refractivity contribution is 5.75. The molecule has 6 nitrogen and oxygen atoms in total. The third kappa shape index (κ3) is 5.67. The molecular formula is C22H25N3O3. The van der Waals surface area contributed by atoms with Gasteiger partial charge in [-0.3, -0.25) is 4.79 Å². The second kappa shape index (κ2) is 10.3. The summed E-state index contributed by atoms with van der Waals surface area (Å²) in [6, 6.07) is 17.7. The number of nitrogens with zero attached hydrogens (tertiary/aromatic N) is 2. The highest BCUT2D eigenvalue weighted by Gasteiger charge is 2.13. The van der Waals surface area contributed by atoms with Crippen LogP contribution in [0.3, 0.4) is 0 Å². The summed E-state index contributed by atoms with van der Waals surface area (Å²) in [5.41, 5.74) is 2.02. The lowest BCUT2D eigenvalue weighted by atomic mass is 10.1. The van der Waals surface area contributed by atoms with E-state index in [1.54, 1.807) is 0 Å². The second-order valence-electron chi connectivity index (χ2n) is 6.38. The van der Waals surface area contributed by atoms with Crippen LogP contribution in [0.1, 0.15) is 31.2 Å². The van der Waals surface area contributed by atoms with E-state index in [-0.39, 0.29) is 5.91 Å². The minimum atomic E-state index is 0.0392. The zero-order valence-electron chi connectivity index (χ0n) is 16.1. The van der Waals surface area contributed by atoms with Crippen molar-refractivity contribution in [3.8, 4) is 17.1 Å². The highest BCUT2D eigenvalue weighted by Crippen LogP contribution is 2.27. The Hall–Kier alpha value is -3.15. The number of ether oxygens (including phenoxy) is 1. The van der Waals surface area contributed by atoms with Gasteiger partial charge in [0, 0.05) is 19.4 Å². The van der Waals surface area contributed by atoms with E-state index >= 15 is 0 Å². The van der Waals surface area contributed by atoms with Gasteiger partial charge >= 0.3 is 0 Å². The average molecular weight is 379 g/mol. The van der Waals surface area contributed by atoms with Crippen LogP contribution in [0.5, 0.6) is 5.75 Å². The Kier molecular flexibility index (Phi) is 7.18. The molecule has 0 spiro atoms. The molecule has 0 radical (unpaired) electrons. The molecule has 1 heterocycles. The van der Waals surface area contributed by atoms with E-state index in [9.17, 15) is 4.79 Å². The van der Waals surface area contributed by atoms with Gasteiger partial charge in [-0.25, -0.2) is 0 Å². The van der Waals surface area contributed by atoms with Crippen LogP contribution in [-0.2, 0) is 17.6 Å². The number of carbonyl (C=O) groups is 1. The van der Waals surface area contributed by atoms with Crippen molar-refractivity contribution < 1.29 is 14.1 Å². The maximum Gasteiger partial charge on any atom is 0.226 e. The predicted octanol–water partition coefficient (Wildman–Crippen LogP) is 3.82. The van der Waals surface area contributed by atoms with Gasteiger partial charge < -0.3 is 14.6 Å². The topological polar surface area (TPSA) is 77.2 Å². The van der Waals surface area contributed by atoms with Crippen molar-refractivity contribution in [2.75, 3.05) is 13.2 Å². The lowest BCUT2D eigenvalue weighted by molar-refractivity contribution is -0.121. The van der Waals surface area contributed by atoms with E-state index in [0.29, 0.717) is 44.1 Å². The summed E-state index contributed by atoms with van der Waals surface area (Å²) in [6.07, 6.45) is 2.49. The maximum absolute atomic E-state index is 12.0. The number of hydrogen-bond donors (Lipinski definition) is 1. The summed E-state index contributed by atoms with van der Waals surface area (Å²) in [5, 5.41) is 6.99. The molecule has 0 saturated heterocycles. The van der Waals surface area contributed by atoms with Crippen molar-refractivity contribution in [3.05, 3.63) is 66.1 Å². The van der Waals surface area contributed by atoms with E-state index in [2.05, 4.69) is 27.6 Å². The number of para-hydroxylation sites is 1. The molecule has 1 aromatic heterocycles. The lowest BCUT2D eigenvalue weighted by Gasteiger charge is -2.06. The van der Waals surface area contributed by atoms with Gasteiger partial charge in [0.05, 0.1) is 12.2 Å². The first-order chi connectivity index (χ1) is 13.8. The molecule has 0 saturated carbocycles. The summed E-state index contributed by atoms with van der Waals surface area (Å²) in [5.74, 6) is 1.80. The number of amides is 1. The Bertz CT molecular complexity index is 877. The highest BCUT2D eigenvalue weighted by atomic mass is 16.5. The predicted molar refractivity (Wildman–Crippen MR) is 107 cm³/mol. The number of aromatic nitrogens is 2. The van der Waals surface area contributed by atoms with E-state index in [1.807, 2.05) is 49.4 Å². The molecule has 1 N–H and O–H groups in total. The Morgan fingerprint density at radius 1 is 1.07 bits per heavy atom. The number of nitrogens with one attached hydrogen (secondary N) is 1. The van der Waals surface area contributed by atoms with Gasteiger partial charge in [0.25, 0.3) is 0 Å². The van der Waals surface area contributed by atoms with Gasteiger partial charge in [-0.2, -0.15) is 4.98 Å². The molecule has 0 unspecified atom stereocenters. The van der Waals surface area contributed by atoms with E-state index < -0.39 is 0 Å². The first-order valence-corrected chi connectivity index (χ1v) is 9.61. The largest absolute Gasteiger partial charge is 0.493 e. The number of aryl methyl sites for hydroxylation is 1. The molecule has 3 aromatic rings. The Labute approximate surface area is 164 Å². The Morgan fingerprint density at radius 3 is 2.68 bits per heavy atom. The minimum absolute atomic E-state index is 0.0392. The molecule has 0 aliphatic carbocycles. The number of rotatable bonds is 10. The summed E-state index contributed by atoms with van der Waals surface area (Å²) < 4.78 is 10.9. The normalized spacial score (nSPS) is 10.6. The van der Waals surface area contributed by atoms with Crippen LogP contribution in [0.2, 0.25) is 0 Å². The van der Waals surface area contributed by atoms with Crippen LogP contribution in [-0.4, -0.2) is 29.2 Å². The van der Waals surface area contributed by atoms with E-state index in [1.165, 1.54) is 5.56 Å². The quantitative estimate of drug-likeness (QED) is 0.579. The number of benzene rings is 2. The van der Waals surface area contributed by atoms with Gasteiger partial charge in [-0.15, -0.1) is 0 Å². The smallest absolute Gasteiger partial charge is 0.226 e. The molecular weight excluding hydrogens is 354 g/mol. The first-order valence-electron chi connectivity index (χ1n) is 9.61. The van der Waals surface area contributed by atoms with Crippen LogP contribution in [0.4, 0.5) is 0 Å². The molecule has 146 valence electrons. The van der Waals surface area contributed by atoms with Crippen molar-refractivity contribution in [2.45, 2.75) is 32.6 Å². The SMILES string of the molecule is CCOc1ccccc1-c1noc(CCCC(=O)NCCc2ccccc2)n1. The third-order valence-electron chi connectivity index (χ3n) is 4.27. The minimum Gasteiger partial charge on any atom is -0.493 e. The molecule has 0 aliphatic heterocycles. The molecule has 28 heavy (non-hydrogen) atoms. The monoisotopic (exact) mass is 379 g/mol. The average Bonchev–Trinajstić information content (AvgIpc) is 3.18. The molecule has 1 amide bonds. The number of carbonyl (C=O) groups excluding carboxylic acids is 1. The van der Waals surface area contributed by atoms with Crippen molar-refractivity contribution in [3.63, 3.8) is 0 Å². The van der Waals surface area contributed by atoms with Gasteiger partial charge in [0.1, 0.15) is 5.75 Å². The van der Waals surface area contributed by atoms with Crippen LogP contribution in [0, 0.1) is 0 Å². The Balaban J connectivity index is 1.43. The molecule has 0 bridgehead atoms. The summed E-state index contributed by atoms with van der Waals surface area (Å²) in [4.78, 5) is 16.4. The summed E-state index contributed by atoms with van der Waals surface area (Å²) in [7, 11) is 0.